The van der Waals surface area contributed by atoms with Crippen LogP contribution in [0.3, 0.4) is 0 Å². The molecule has 0 aliphatic carbocycles. The highest BCUT2D eigenvalue weighted by Gasteiger charge is 2.47. The number of aryl methyl sites for hydroxylation is 1. The maximum absolute atomic E-state index is 13.7. The lowest BCUT2D eigenvalue weighted by molar-refractivity contribution is -0.138. The lowest BCUT2D eigenvalue weighted by Crippen LogP contribution is -2.55. The standard InChI is InChI=1S/C31H40N4O3/c1-31(2)25-12-6-7-13-27(25)35(30(31)38)24-16-19-34(20-17-24)29(37)26(15-14-22-9-4-3-5-10-22)33-28(36)23-11-8-18-32-21-23/h3-7,9-10,12-13,23-24,26,32H,8,11,14-21H2,1-2H3,(H,33,36)/t23-,26-/m1/s1. The molecule has 0 radical (unpaired) electrons. The molecule has 2 aromatic rings. The second-order valence-corrected chi connectivity index (χ2v) is 11.5. The molecule has 202 valence electrons. The summed E-state index contributed by atoms with van der Waals surface area (Å²) in [5, 5.41) is 6.42. The molecule has 0 saturated carbocycles. The molecule has 5 rings (SSSR count). The van der Waals surface area contributed by atoms with Crippen LogP contribution in [0.15, 0.2) is 54.6 Å². The van der Waals surface area contributed by atoms with Gasteiger partial charge in [0.2, 0.25) is 17.7 Å². The Balaban J connectivity index is 1.25. The smallest absolute Gasteiger partial charge is 0.245 e. The summed E-state index contributed by atoms with van der Waals surface area (Å²) in [4.78, 5) is 44.1. The Hall–Kier alpha value is -3.19. The SMILES string of the molecule is CC1(C)C(=O)N(C2CCN(C(=O)[C@@H](CCc3ccccc3)NC(=O)[C@@H]3CCCNC3)CC2)c2ccccc21. The van der Waals surface area contributed by atoms with E-state index in [0.29, 0.717) is 26.1 Å². The van der Waals surface area contributed by atoms with E-state index in [1.54, 1.807) is 0 Å². The summed E-state index contributed by atoms with van der Waals surface area (Å²) < 4.78 is 0. The van der Waals surface area contributed by atoms with Gasteiger partial charge in [0, 0.05) is 31.4 Å². The number of amides is 3. The van der Waals surface area contributed by atoms with E-state index >= 15 is 0 Å². The molecule has 0 aromatic heterocycles. The van der Waals surface area contributed by atoms with Crippen molar-refractivity contribution in [2.75, 3.05) is 31.1 Å². The largest absolute Gasteiger partial charge is 0.344 e. The van der Waals surface area contributed by atoms with E-state index in [1.165, 1.54) is 0 Å². The average Bonchev–Trinajstić information content (AvgIpc) is 3.16. The molecule has 3 heterocycles. The number of nitrogens with one attached hydrogen (secondary N) is 2. The van der Waals surface area contributed by atoms with Gasteiger partial charge in [-0.2, -0.15) is 0 Å². The van der Waals surface area contributed by atoms with Gasteiger partial charge in [-0.15, -0.1) is 0 Å². The summed E-state index contributed by atoms with van der Waals surface area (Å²) in [6, 6.07) is 17.7. The Morgan fingerprint density at radius 3 is 2.45 bits per heavy atom. The van der Waals surface area contributed by atoms with Gasteiger partial charge in [-0.05, 0) is 76.1 Å². The first-order valence-electron chi connectivity index (χ1n) is 14.1. The third kappa shape index (κ3) is 5.35. The van der Waals surface area contributed by atoms with Gasteiger partial charge in [-0.25, -0.2) is 0 Å². The predicted molar refractivity (Wildman–Crippen MR) is 149 cm³/mol. The molecular weight excluding hydrogens is 476 g/mol. The van der Waals surface area contributed by atoms with Crippen molar-refractivity contribution in [3.8, 4) is 0 Å². The number of carbonyl (C=O) groups is 3. The highest BCUT2D eigenvalue weighted by atomic mass is 16.2. The molecule has 3 aliphatic rings. The van der Waals surface area contributed by atoms with Gasteiger partial charge < -0.3 is 20.4 Å². The number of carbonyl (C=O) groups excluding carboxylic acids is 3. The number of anilines is 1. The molecule has 2 saturated heterocycles. The maximum Gasteiger partial charge on any atom is 0.245 e. The number of hydrogen-bond acceptors (Lipinski definition) is 4. The molecule has 0 unspecified atom stereocenters. The molecule has 0 bridgehead atoms. The van der Waals surface area contributed by atoms with Crippen LogP contribution in [0.4, 0.5) is 5.69 Å². The first-order chi connectivity index (χ1) is 18.4. The van der Waals surface area contributed by atoms with Crippen LogP contribution in [0.2, 0.25) is 0 Å². The van der Waals surface area contributed by atoms with Crippen LogP contribution >= 0.6 is 0 Å². The monoisotopic (exact) mass is 516 g/mol. The van der Waals surface area contributed by atoms with Crippen molar-refractivity contribution < 1.29 is 14.4 Å². The zero-order chi connectivity index (χ0) is 26.7. The van der Waals surface area contributed by atoms with Crippen LogP contribution in [-0.2, 0) is 26.2 Å². The number of hydrogen-bond donors (Lipinski definition) is 2. The van der Waals surface area contributed by atoms with Crippen molar-refractivity contribution in [2.45, 2.75) is 69.9 Å². The number of para-hydroxylation sites is 1. The zero-order valence-electron chi connectivity index (χ0n) is 22.6. The molecular formula is C31H40N4O3. The Morgan fingerprint density at radius 1 is 1.03 bits per heavy atom. The number of piperidine rings is 2. The summed E-state index contributed by atoms with van der Waals surface area (Å²) in [6.07, 6.45) is 4.59. The van der Waals surface area contributed by atoms with E-state index in [9.17, 15) is 14.4 Å². The minimum Gasteiger partial charge on any atom is -0.344 e. The Labute approximate surface area is 226 Å². The second-order valence-electron chi connectivity index (χ2n) is 11.5. The van der Waals surface area contributed by atoms with E-state index < -0.39 is 11.5 Å². The van der Waals surface area contributed by atoms with Crippen LogP contribution in [-0.4, -0.2) is 60.9 Å². The summed E-state index contributed by atoms with van der Waals surface area (Å²) in [6.45, 7) is 6.76. The van der Waals surface area contributed by atoms with E-state index in [1.807, 2.05) is 66.1 Å². The number of benzene rings is 2. The molecule has 7 heteroatoms. The molecule has 2 aromatic carbocycles. The van der Waals surface area contributed by atoms with Crippen LogP contribution in [0.5, 0.6) is 0 Å². The summed E-state index contributed by atoms with van der Waals surface area (Å²) in [5.74, 6) is 0.00802. The maximum atomic E-state index is 13.7. The highest BCUT2D eigenvalue weighted by molar-refractivity contribution is 6.08. The first-order valence-corrected chi connectivity index (χ1v) is 14.1. The fourth-order valence-corrected chi connectivity index (χ4v) is 6.24. The summed E-state index contributed by atoms with van der Waals surface area (Å²) in [5.41, 5.74) is 2.70. The van der Waals surface area contributed by atoms with Gasteiger partial charge in [-0.1, -0.05) is 48.5 Å². The van der Waals surface area contributed by atoms with Gasteiger partial charge in [0.25, 0.3) is 0 Å². The van der Waals surface area contributed by atoms with Crippen molar-refractivity contribution in [1.29, 1.82) is 0 Å². The number of likely N-dealkylation sites (tertiary alicyclic amines) is 1. The van der Waals surface area contributed by atoms with Gasteiger partial charge in [0.15, 0.2) is 0 Å². The zero-order valence-corrected chi connectivity index (χ0v) is 22.6. The Kier molecular flexibility index (Phi) is 7.84. The van der Waals surface area contributed by atoms with Crippen molar-refractivity contribution >= 4 is 23.4 Å². The molecule has 38 heavy (non-hydrogen) atoms. The molecule has 7 nitrogen and oxygen atoms in total. The first kappa shape index (κ1) is 26.4. The number of nitrogens with zero attached hydrogens (tertiary/aromatic N) is 2. The predicted octanol–water partition coefficient (Wildman–Crippen LogP) is 3.42. The van der Waals surface area contributed by atoms with E-state index in [-0.39, 0.29) is 29.7 Å². The van der Waals surface area contributed by atoms with E-state index in [4.69, 9.17) is 0 Å². The molecule has 3 amide bonds. The molecule has 0 spiro atoms. The normalized spacial score (nSPS) is 22.2. The van der Waals surface area contributed by atoms with Gasteiger partial charge >= 0.3 is 0 Å². The third-order valence-electron chi connectivity index (χ3n) is 8.58. The number of fused-ring (bicyclic) bond motifs is 1. The van der Waals surface area contributed by atoms with Crippen molar-refractivity contribution in [3.05, 3.63) is 65.7 Å². The quantitative estimate of drug-likeness (QED) is 0.591. The topological polar surface area (TPSA) is 81.8 Å². The number of rotatable bonds is 7. The van der Waals surface area contributed by atoms with E-state index in [0.717, 1.165) is 55.5 Å². The van der Waals surface area contributed by atoms with Crippen LogP contribution < -0.4 is 15.5 Å². The minimum atomic E-state index is -0.547. The Morgan fingerprint density at radius 2 is 1.74 bits per heavy atom. The lowest BCUT2D eigenvalue weighted by atomic mass is 9.86. The van der Waals surface area contributed by atoms with Crippen LogP contribution in [0.1, 0.15) is 57.1 Å². The van der Waals surface area contributed by atoms with Gasteiger partial charge in [-0.3, -0.25) is 14.4 Å². The average molecular weight is 517 g/mol. The fraction of sp³-hybridized carbons (Fsp3) is 0.516. The third-order valence-corrected chi connectivity index (χ3v) is 8.58. The second kappa shape index (κ2) is 11.3. The van der Waals surface area contributed by atoms with Gasteiger partial charge in [0.1, 0.15) is 6.04 Å². The van der Waals surface area contributed by atoms with Crippen molar-refractivity contribution in [1.82, 2.24) is 15.5 Å². The highest BCUT2D eigenvalue weighted by Crippen LogP contribution is 2.43. The molecule has 3 aliphatic heterocycles. The van der Waals surface area contributed by atoms with E-state index in [2.05, 4.69) is 22.8 Å². The fourth-order valence-electron chi connectivity index (χ4n) is 6.24. The molecule has 2 fully saturated rings. The van der Waals surface area contributed by atoms with Gasteiger partial charge in [0.05, 0.1) is 11.3 Å². The molecule has 2 atom stereocenters. The van der Waals surface area contributed by atoms with Crippen LogP contribution in [0.25, 0.3) is 0 Å². The lowest BCUT2D eigenvalue weighted by Gasteiger charge is -2.39. The molecule has 2 N–H and O–H groups in total. The summed E-state index contributed by atoms with van der Waals surface area (Å²) in [7, 11) is 0. The van der Waals surface area contributed by atoms with Crippen molar-refractivity contribution in [2.24, 2.45) is 5.92 Å². The Bertz CT molecular complexity index is 1150. The minimum absolute atomic E-state index is 0.00928. The van der Waals surface area contributed by atoms with Crippen molar-refractivity contribution in [3.63, 3.8) is 0 Å². The summed E-state index contributed by atoms with van der Waals surface area (Å²) >= 11 is 0. The van der Waals surface area contributed by atoms with Crippen LogP contribution in [0, 0.1) is 5.92 Å².